The summed E-state index contributed by atoms with van der Waals surface area (Å²) in [7, 11) is 1.47. The van der Waals surface area contributed by atoms with Crippen LogP contribution in [-0.2, 0) is 25.7 Å². The summed E-state index contributed by atoms with van der Waals surface area (Å²) in [6.07, 6.45) is 0.478. The first-order chi connectivity index (χ1) is 24.8. The summed E-state index contributed by atoms with van der Waals surface area (Å²) in [5, 5.41) is 13.9. The highest BCUT2D eigenvalue weighted by Gasteiger charge is 2.38. The molecule has 2 heterocycles. The number of ether oxygens (including phenoxy) is 2. The average molecular weight is 689 g/mol. The highest BCUT2D eigenvalue weighted by Crippen LogP contribution is 2.35. The Labute approximate surface area is 296 Å². The van der Waals surface area contributed by atoms with Gasteiger partial charge in [0.1, 0.15) is 12.4 Å². The number of carboxylic acids is 1. The van der Waals surface area contributed by atoms with Gasteiger partial charge in [0, 0.05) is 35.6 Å². The smallest absolute Gasteiger partial charge is 0.416 e. The van der Waals surface area contributed by atoms with Crippen molar-refractivity contribution in [2.24, 2.45) is 4.99 Å². The molecule has 2 N–H and O–H groups in total. The van der Waals surface area contributed by atoms with Crippen molar-refractivity contribution in [1.82, 2.24) is 9.80 Å². The molecule has 0 saturated carbocycles. The van der Waals surface area contributed by atoms with Crippen molar-refractivity contribution in [2.75, 3.05) is 32.1 Å². The number of aliphatic imine (C=N–C) groups is 1. The molecule has 3 amide bonds. The van der Waals surface area contributed by atoms with Gasteiger partial charge in [0.25, 0.3) is 0 Å². The molecule has 0 unspecified atom stereocenters. The van der Waals surface area contributed by atoms with Crippen molar-refractivity contribution in [3.05, 3.63) is 131 Å². The largest absolute Gasteiger partial charge is 0.496 e. The number of hydrogen-bond donors (Lipinski definition) is 2. The zero-order valence-electron chi connectivity index (χ0n) is 28.3. The number of cyclic esters (lactones) is 1. The van der Waals surface area contributed by atoms with Crippen molar-refractivity contribution in [3.63, 3.8) is 0 Å². The van der Waals surface area contributed by atoms with Crippen molar-refractivity contribution in [3.8, 4) is 5.75 Å². The minimum atomic E-state index is -1.50. The fourth-order valence-electron chi connectivity index (χ4n) is 6.78. The molecule has 6 rings (SSSR count). The van der Waals surface area contributed by atoms with E-state index >= 15 is 0 Å². The molecule has 2 aliphatic heterocycles. The molecule has 0 aromatic heterocycles. The van der Waals surface area contributed by atoms with E-state index in [0.29, 0.717) is 46.8 Å². The van der Waals surface area contributed by atoms with Crippen LogP contribution in [0.25, 0.3) is 0 Å². The van der Waals surface area contributed by atoms with Crippen LogP contribution in [0.3, 0.4) is 0 Å². The fraction of sp³-hybridized carbons (Fsp3) is 0.275. The predicted octanol–water partition coefficient (Wildman–Crippen LogP) is 5.74. The van der Waals surface area contributed by atoms with Crippen LogP contribution in [0.15, 0.2) is 114 Å². The van der Waals surface area contributed by atoms with E-state index in [1.54, 1.807) is 48.5 Å². The molecule has 0 spiro atoms. The normalized spacial score (nSPS) is 17.4. The van der Waals surface area contributed by atoms with E-state index < -0.39 is 29.9 Å². The van der Waals surface area contributed by atoms with Crippen LogP contribution in [0.2, 0.25) is 0 Å². The first kappa shape index (κ1) is 35.0. The van der Waals surface area contributed by atoms with E-state index in [4.69, 9.17) is 14.5 Å². The second kappa shape index (κ2) is 16.3. The average Bonchev–Trinajstić information content (AvgIpc) is 3.81. The molecule has 4 aromatic rings. The van der Waals surface area contributed by atoms with Crippen molar-refractivity contribution < 1.29 is 33.8 Å². The molecule has 0 radical (unpaired) electrons. The standard InChI is InChI=1S/C40H40N4O7/c1-50-34-21-11-9-17-29(34)31(25-35(45)44-23-24-51-40(44)49)37(39(47)48)42-36(28-15-6-3-7-16-28)30-18-8-10-19-32(30)41-38(46)33-20-12-22-43(33)26-27-13-4-2-5-14-27/h2-11,13-19,21,31,33,37H,12,20,22-26H2,1H3,(H,41,46)(H,47,48)/t31-,33-,37+/m0/s1. The molecular formula is C40H40N4O7. The fourth-order valence-corrected chi connectivity index (χ4v) is 6.78. The van der Waals surface area contributed by atoms with Gasteiger partial charge in [0.05, 0.1) is 31.1 Å². The monoisotopic (exact) mass is 688 g/mol. The summed E-state index contributed by atoms with van der Waals surface area (Å²) in [6, 6.07) is 31.3. The van der Waals surface area contributed by atoms with Gasteiger partial charge in [-0.3, -0.25) is 19.5 Å². The lowest BCUT2D eigenvalue weighted by Crippen LogP contribution is -2.39. The molecule has 3 atom stereocenters. The van der Waals surface area contributed by atoms with Gasteiger partial charge in [-0.2, -0.15) is 0 Å². The number of nitrogens with one attached hydrogen (secondary N) is 1. The molecule has 51 heavy (non-hydrogen) atoms. The topological polar surface area (TPSA) is 138 Å². The van der Waals surface area contributed by atoms with Gasteiger partial charge in [-0.15, -0.1) is 0 Å². The van der Waals surface area contributed by atoms with Crippen LogP contribution in [0.4, 0.5) is 10.5 Å². The SMILES string of the molecule is COc1ccccc1[C@H](CC(=O)N1CCOC1=O)[C@@H](N=C(c1ccccc1)c1ccccc1NC(=O)[C@@H]1CCCN1Cc1ccccc1)C(=O)O. The molecule has 2 saturated heterocycles. The number of imide groups is 1. The first-order valence-corrected chi connectivity index (χ1v) is 17.0. The van der Waals surface area contributed by atoms with Gasteiger partial charge in [-0.25, -0.2) is 14.5 Å². The Hall–Kier alpha value is -5.81. The van der Waals surface area contributed by atoms with Crippen LogP contribution in [0.1, 0.15) is 47.4 Å². The third-order valence-electron chi connectivity index (χ3n) is 9.28. The number of carboxylic acid groups (broad SMARTS) is 1. The molecular weight excluding hydrogens is 648 g/mol. The van der Waals surface area contributed by atoms with Gasteiger partial charge in [0.15, 0.2) is 6.04 Å². The van der Waals surface area contributed by atoms with E-state index in [-0.39, 0.29) is 31.5 Å². The number of amides is 3. The molecule has 2 fully saturated rings. The third-order valence-corrected chi connectivity index (χ3v) is 9.28. The summed E-state index contributed by atoms with van der Waals surface area (Å²) < 4.78 is 10.6. The molecule has 2 aliphatic rings. The number of anilines is 1. The highest BCUT2D eigenvalue weighted by molar-refractivity contribution is 6.18. The maximum absolute atomic E-state index is 13.9. The van der Waals surface area contributed by atoms with Gasteiger partial charge in [0.2, 0.25) is 11.8 Å². The molecule has 262 valence electrons. The summed E-state index contributed by atoms with van der Waals surface area (Å²) in [4.78, 5) is 61.1. The van der Waals surface area contributed by atoms with Gasteiger partial charge < -0.3 is 19.9 Å². The molecule has 11 heteroatoms. The van der Waals surface area contributed by atoms with E-state index in [1.165, 1.54) is 7.11 Å². The van der Waals surface area contributed by atoms with Crippen LogP contribution in [-0.4, -0.2) is 83.4 Å². The van der Waals surface area contributed by atoms with Gasteiger partial charge in [-0.1, -0.05) is 97.1 Å². The Morgan fingerprint density at radius 2 is 1.61 bits per heavy atom. The number of carbonyl (C=O) groups is 4. The number of carbonyl (C=O) groups excluding carboxylic acids is 3. The highest BCUT2D eigenvalue weighted by atomic mass is 16.6. The summed E-state index contributed by atoms with van der Waals surface area (Å²) in [6.45, 7) is 1.58. The zero-order valence-corrected chi connectivity index (χ0v) is 28.3. The molecule has 11 nitrogen and oxygen atoms in total. The van der Waals surface area contributed by atoms with Crippen molar-refractivity contribution >= 4 is 35.3 Å². The summed E-state index contributed by atoms with van der Waals surface area (Å²) in [5.74, 6) is -2.68. The van der Waals surface area contributed by atoms with Crippen LogP contribution in [0, 0.1) is 0 Å². The van der Waals surface area contributed by atoms with Gasteiger partial charge in [-0.05, 0) is 37.1 Å². The van der Waals surface area contributed by atoms with Crippen LogP contribution in [0.5, 0.6) is 5.75 Å². The minimum absolute atomic E-state index is 0.0654. The minimum Gasteiger partial charge on any atom is -0.496 e. The van der Waals surface area contributed by atoms with E-state index in [1.807, 2.05) is 60.7 Å². The number of benzene rings is 4. The Balaban J connectivity index is 1.39. The zero-order chi connectivity index (χ0) is 35.7. The first-order valence-electron chi connectivity index (χ1n) is 17.0. The van der Waals surface area contributed by atoms with Crippen molar-refractivity contribution in [2.45, 2.75) is 43.8 Å². The number of para-hydroxylation sites is 2. The second-order valence-corrected chi connectivity index (χ2v) is 12.5. The molecule has 0 bridgehead atoms. The maximum atomic E-state index is 13.9. The Kier molecular flexibility index (Phi) is 11.2. The van der Waals surface area contributed by atoms with Crippen molar-refractivity contribution in [1.29, 1.82) is 0 Å². The number of hydrogen-bond acceptors (Lipinski definition) is 8. The summed E-state index contributed by atoms with van der Waals surface area (Å²) in [5.41, 5.74) is 3.51. The summed E-state index contributed by atoms with van der Waals surface area (Å²) >= 11 is 0. The number of aliphatic carboxylic acids is 1. The Bertz CT molecular complexity index is 1900. The lowest BCUT2D eigenvalue weighted by molar-refractivity contribution is -0.139. The Morgan fingerprint density at radius 3 is 2.31 bits per heavy atom. The maximum Gasteiger partial charge on any atom is 0.416 e. The lowest BCUT2D eigenvalue weighted by Gasteiger charge is -2.26. The number of methoxy groups -OCH3 is 1. The van der Waals surface area contributed by atoms with E-state index in [2.05, 4.69) is 10.2 Å². The number of rotatable bonds is 13. The molecule has 0 aliphatic carbocycles. The quantitative estimate of drug-likeness (QED) is 0.170. The van der Waals surface area contributed by atoms with E-state index in [9.17, 15) is 24.3 Å². The number of likely N-dealkylation sites (tertiary alicyclic amines) is 1. The Morgan fingerprint density at radius 1 is 0.922 bits per heavy atom. The van der Waals surface area contributed by atoms with Gasteiger partial charge >= 0.3 is 12.1 Å². The predicted molar refractivity (Wildman–Crippen MR) is 192 cm³/mol. The molecule has 4 aromatic carbocycles. The number of nitrogens with zero attached hydrogens (tertiary/aromatic N) is 3. The third kappa shape index (κ3) is 8.16. The lowest BCUT2D eigenvalue weighted by atomic mass is 9.87. The second-order valence-electron chi connectivity index (χ2n) is 12.5. The van der Waals surface area contributed by atoms with Crippen LogP contribution >= 0.6 is 0 Å². The van der Waals surface area contributed by atoms with E-state index in [0.717, 1.165) is 23.4 Å². The van der Waals surface area contributed by atoms with Crippen LogP contribution < -0.4 is 10.1 Å².